The summed E-state index contributed by atoms with van der Waals surface area (Å²) in [5.41, 5.74) is 0.954. The van der Waals surface area contributed by atoms with Crippen molar-refractivity contribution in [1.29, 1.82) is 0 Å². The first-order valence-corrected chi connectivity index (χ1v) is 6.93. The van der Waals surface area contributed by atoms with E-state index < -0.39 is 17.7 Å². The molecule has 6 heteroatoms. The van der Waals surface area contributed by atoms with Crippen molar-refractivity contribution in [1.82, 2.24) is 5.32 Å². The Morgan fingerprint density at radius 2 is 2.00 bits per heavy atom. The Morgan fingerprint density at radius 3 is 2.59 bits per heavy atom. The van der Waals surface area contributed by atoms with E-state index in [9.17, 15) is 23.1 Å². The molecule has 0 aliphatic carbocycles. The lowest BCUT2D eigenvalue weighted by molar-refractivity contribution is -0.173. The van der Waals surface area contributed by atoms with Crippen LogP contribution in [0.3, 0.4) is 0 Å². The van der Waals surface area contributed by atoms with Crippen molar-refractivity contribution < 1.29 is 23.1 Å². The summed E-state index contributed by atoms with van der Waals surface area (Å²) in [6, 6.07) is 7.48. The van der Waals surface area contributed by atoms with Crippen molar-refractivity contribution in [3.63, 3.8) is 0 Å². The molecule has 0 aromatic heterocycles. The predicted octanol–water partition coefficient (Wildman–Crippen LogP) is 3.08. The number of aliphatic hydroxyl groups is 1. The monoisotopic (exact) mass is 315 g/mol. The van der Waals surface area contributed by atoms with Gasteiger partial charge in [0.05, 0.1) is 5.60 Å². The first-order chi connectivity index (χ1) is 10.1. The van der Waals surface area contributed by atoms with Gasteiger partial charge in [-0.2, -0.15) is 13.2 Å². The summed E-state index contributed by atoms with van der Waals surface area (Å²) in [7, 11) is 0. The molecule has 122 valence electrons. The number of hydrogen-bond acceptors (Lipinski definition) is 2. The van der Waals surface area contributed by atoms with Crippen LogP contribution in [0.4, 0.5) is 13.2 Å². The molecule has 0 atom stereocenters. The molecule has 0 fully saturated rings. The van der Waals surface area contributed by atoms with Gasteiger partial charge >= 0.3 is 12.1 Å². The molecule has 0 aliphatic heterocycles. The van der Waals surface area contributed by atoms with Crippen molar-refractivity contribution in [2.45, 2.75) is 38.5 Å². The Kier molecular flexibility index (Phi) is 6.17. The van der Waals surface area contributed by atoms with Crippen molar-refractivity contribution in [2.24, 2.45) is 0 Å². The minimum atomic E-state index is -4.83. The highest BCUT2D eigenvalue weighted by Crippen LogP contribution is 2.14. The Bertz CT molecular complexity index is 531. The van der Waals surface area contributed by atoms with Gasteiger partial charge in [-0.05, 0) is 37.8 Å². The zero-order valence-electron chi connectivity index (χ0n) is 12.6. The van der Waals surface area contributed by atoms with Crippen molar-refractivity contribution >= 4 is 12.0 Å². The van der Waals surface area contributed by atoms with Crippen LogP contribution in [0.1, 0.15) is 31.4 Å². The molecule has 0 radical (unpaired) electrons. The van der Waals surface area contributed by atoms with Gasteiger partial charge < -0.3 is 10.4 Å². The SMILES string of the molecule is CC(C)(O)/C=C/c1cccc(CCCNC(=O)C(F)(F)F)c1. The summed E-state index contributed by atoms with van der Waals surface area (Å²) < 4.78 is 36.0. The summed E-state index contributed by atoms with van der Waals surface area (Å²) in [6.45, 7) is 3.30. The molecule has 0 saturated carbocycles. The molecule has 1 amide bonds. The average Bonchev–Trinajstić information content (AvgIpc) is 2.40. The van der Waals surface area contributed by atoms with Crippen LogP contribution in [0.25, 0.3) is 6.08 Å². The lowest BCUT2D eigenvalue weighted by atomic mass is 10.0. The third kappa shape index (κ3) is 7.26. The molecule has 0 saturated heterocycles. The van der Waals surface area contributed by atoms with E-state index in [1.165, 1.54) is 0 Å². The van der Waals surface area contributed by atoms with Gasteiger partial charge in [0.25, 0.3) is 0 Å². The second-order valence-electron chi connectivity index (χ2n) is 5.59. The third-order valence-corrected chi connectivity index (χ3v) is 2.82. The summed E-state index contributed by atoms with van der Waals surface area (Å²) in [6.07, 6.45) is -0.408. The Balaban J connectivity index is 2.48. The number of nitrogens with one attached hydrogen (secondary N) is 1. The molecule has 0 heterocycles. The Morgan fingerprint density at radius 1 is 1.32 bits per heavy atom. The summed E-state index contributed by atoms with van der Waals surface area (Å²) in [5.74, 6) is -1.91. The minimum absolute atomic E-state index is 0.0257. The molecule has 0 aliphatic rings. The molecule has 1 aromatic rings. The van der Waals surface area contributed by atoms with Crippen LogP contribution < -0.4 is 5.32 Å². The maximum absolute atomic E-state index is 12.0. The van der Waals surface area contributed by atoms with Gasteiger partial charge in [-0.25, -0.2) is 0 Å². The lowest BCUT2D eigenvalue weighted by Gasteiger charge is -2.10. The van der Waals surface area contributed by atoms with Gasteiger partial charge in [-0.3, -0.25) is 4.79 Å². The quantitative estimate of drug-likeness (QED) is 0.793. The maximum Gasteiger partial charge on any atom is 0.471 e. The number of aryl methyl sites for hydroxylation is 1. The molecule has 2 N–H and O–H groups in total. The van der Waals surface area contributed by atoms with Gasteiger partial charge in [-0.15, -0.1) is 0 Å². The number of hydrogen-bond donors (Lipinski definition) is 2. The highest BCUT2D eigenvalue weighted by molar-refractivity contribution is 5.81. The van der Waals surface area contributed by atoms with E-state index in [0.29, 0.717) is 12.8 Å². The van der Waals surface area contributed by atoms with E-state index in [2.05, 4.69) is 0 Å². The van der Waals surface area contributed by atoms with Crippen molar-refractivity contribution in [3.05, 3.63) is 41.5 Å². The normalized spacial score (nSPS) is 12.6. The average molecular weight is 315 g/mol. The van der Waals surface area contributed by atoms with Crippen LogP contribution in [0.15, 0.2) is 30.3 Å². The summed E-state index contributed by atoms with van der Waals surface area (Å²) >= 11 is 0. The maximum atomic E-state index is 12.0. The van der Waals surface area contributed by atoms with Crippen LogP contribution in [0, 0.1) is 0 Å². The van der Waals surface area contributed by atoms with E-state index in [0.717, 1.165) is 11.1 Å². The number of amides is 1. The molecular formula is C16H20F3NO2. The van der Waals surface area contributed by atoms with Crippen LogP contribution in [0.5, 0.6) is 0 Å². The molecule has 22 heavy (non-hydrogen) atoms. The fraction of sp³-hybridized carbons (Fsp3) is 0.438. The highest BCUT2D eigenvalue weighted by atomic mass is 19.4. The second kappa shape index (κ2) is 7.45. The molecule has 3 nitrogen and oxygen atoms in total. The van der Waals surface area contributed by atoms with Crippen LogP contribution >= 0.6 is 0 Å². The Hall–Kier alpha value is -1.82. The first-order valence-electron chi connectivity index (χ1n) is 6.93. The zero-order chi connectivity index (χ0) is 16.8. The molecule has 1 aromatic carbocycles. The minimum Gasteiger partial charge on any atom is -0.386 e. The van der Waals surface area contributed by atoms with Crippen molar-refractivity contribution in [2.75, 3.05) is 6.54 Å². The number of halogens is 3. The fourth-order valence-electron chi connectivity index (χ4n) is 1.75. The molecule has 1 rings (SSSR count). The number of alkyl halides is 3. The van der Waals surface area contributed by atoms with Crippen molar-refractivity contribution in [3.8, 4) is 0 Å². The Labute approximate surface area is 127 Å². The third-order valence-electron chi connectivity index (χ3n) is 2.82. The molecular weight excluding hydrogens is 295 g/mol. The summed E-state index contributed by atoms with van der Waals surface area (Å²) in [4.78, 5) is 10.6. The largest absolute Gasteiger partial charge is 0.471 e. The van der Waals surface area contributed by atoms with Gasteiger partial charge in [0, 0.05) is 6.54 Å². The number of rotatable bonds is 6. The molecule has 0 bridgehead atoms. The van der Waals surface area contributed by atoms with E-state index in [4.69, 9.17) is 0 Å². The fourth-order valence-corrected chi connectivity index (χ4v) is 1.75. The van der Waals surface area contributed by atoms with E-state index in [1.54, 1.807) is 26.0 Å². The second-order valence-corrected chi connectivity index (χ2v) is 5.59. The van der Waals surface area contributed by atoms with Crippen LogP contribution in [0.2, 0.25) is 0 Å². The van der Waals surface area contributed by atoms with E-state index in [1.807, 2.05) is 29.6 Å². The van der Waals surface area contributed by atoms with Gasteiger partial charge in [0.1, 0.15) is 0 Å². The van der Waals surface area contributed by atoms with Gasteiger partial charge in [0.15, 0.2) is 0 Å². The zero-order valence-corrected chi connectivity index (χ0v) is 12.6. The van der Waals surface area contributed by atoms with E-state index in [-0.39, 0.29) is 6.54 Å². The van der Waals surface area contributed by atoms with Gasteiger partial charge in [0.2, 0.25) is 0 Å². The van der Waals surface area contributed by atoms with E-state index >= 15 is 0 Å². The van der Waals surface area contributed by atoms with Gasteiger partial charge in [-0.1, -0.05) is 36.4 Å². The summed E-state index contributed by atoms with van der Waals surface area (Å²) in [5, 5.41) is 11.5. The number of benzene rings is 1. The number of carbonyl (C=O) groups excluding carboxylic acids is 1. The smallest absolute Gasteiger partial charge is 0.386 e. The predicted molar refractivity (Wildman–Crippen MR) is 79.2 cm³/mol. The van der Waals surface area contributed by atoms with Crippen LogP contribution in [-0.4, -0.2) is 29.3 Å². The first kappa shape index (κ1) is 18.2. The topological polar surface area (TPSA) is 49.3 Å². The number of carbonyl (C=O) groups is 1. The highest BCUT2D eigenvalue weighted by Gasteiger charge is 2.38. The molecule has 0 unspecified atom stereocenters. The standard InChI is InChI=1S/C16H20F3NO2/c1-15(2,22)9-8-13-6-3-5-12(11-13)7-4-10-20-14(21)16(17,18)19/h3,5-6,8-9,11,22H,4,7,10H2,1-2H3,(H,20,21)/b9-8+. The lowest BCUT2D eigenvalue weighted by Crippen LogP contribution is -2.37. The molecule has 0 spiro atoms. The van der Waals surface area contributed by atoms with Crippen LogP contribution in [-0.2, 0) is 11.2 Å².